The molecule has 1 amide bonds. The molecule has 0 aliphatic rings. The number of carbonyl (C=O) groups excluding carboxylic acids is 1. The second-order valence-electron chi connectivity index (χ2n) is 2.15. The van der Waals surface area contributed by atoms with Gasteiger partial charge in [-0.1, -0.05) is 0 Å². The van der Waals surface area contributed by atoms with Crippen molar-refractivity contribution >= 4 is 6.09 Å². The summed E-state index contributed by atoms with van der Waals surface area (Å²) >= 11 is 0. The van der Waals surface area contributed by atoms with Crippen molar-refractivity contribution in [2.24, 2.45) is 5.73 Å². The van der Waals surface area contributed by atoms with Gasteiger partial charge in [-0.2, -0.15) is 0 Å². The van der Waals surface area contributed by atoms with Crippen molar-refractivity contribution in [2.45, 2.75) is 6.92 Å². The van der Waals surface area contributed by atoms with Crippen molar-refractivity contribution in [3.05, 3.63) is 12.5 Å². The predicted molar refractivity (Wildman–Crippen MR) is 50.3 cm³/mol. The lowest BCUT2D eigenvalue weighted by Crippen LogP contribution is -2.27. The quantitative estimate of drug-likeness (QED) is 0.350. The molecule has 0 rings (SSSR count). The molecule has 0 aliphatic heterocycles. The van der Waals surface area contributed by atoms with Gasteiger partial charge in [0.25, 0.3) is 0 Å². The van der Waals surface area contributed by atoms with Crippen molar-refractivity contribution in [1.82, 2.24) is 5.32 Å². The molecule has 0 saturated heterocycles. The first-order valence-corrected chi connectivity index (χ1v) is 4.28. The number of rotatable bonds is 7. The Morgan fingerprint density at radius 3 is 2.93 bits per heavy atom. The van der Waals surface area contributed by atoms with E-state index in [1.54, 1.807) is 6.92 Å². The molecular weight excluding hydrogens is 188 g/mol. The normalized spacial score (nSPS) is 10.1. The van der Waals surface area contributed by atoms with Crippen LogP contribution in [0.2, 0.25) is 0 Å². The summed E-state index contributed by atoms with van der Waals surface area (Å²) in [4.78, 5) is 10.7. The van der Waals surface area contributed by atoms with Crippen LogP contribution in [0.1, 0.15) is 6.92 Å². The van der Waals surface area contributed by atoms with Gasteiger partial charge < -0.3 is 19.9 Å². The Morgan fingerprint density at radius 2 is 2.29 bits per heavy atom. The predicted octanol–water partition coefficient (Wildman–Crippen LogP) is 0.153. The summed E-state index contributed by atoms with van der Waals surface area (Å²) in [6.07, 6.45) is 2.16. The number of carbonyl (C=O) groups is 1. The number of amides is 1. The molecule has 6 heteroatoms. The fourth-order valence-electron chi connectivity index (χ4n) is 0.595. The molecule has 82 valence electrons. The average molecular weight is 204 g/mol. The minimum atomic E-state index is -0.490. The fourth-order valence-corrected chi connectivity index (χ4v) is 0.595. The molecule has 0 radical (unpaired) electrons. The monoisotopic (exact) mass is 204 g/mol. The maximum atomic E-state index is 10.7. The Hall–Kier alpha value is -1.43. The van der Waals surface area contributed by atoms with Crippen LogP contribution in [0.4, 0.5) is 4.79 Å². The Balaban J connectivity index is 3.09. The lowest BCUT2D eigenvalue weighted by atomic mass is 10.8. The number of ether oxygens (including phenoxy) is 3. The average Bonchev–Trinajstić information content (AvgIpc) is 2.17. The van der Waals surface area contributed by atoms with Crippen LogP contribution < -0.4 is 11.1 Å². The zero-order valence-electron chi connectivity index (χ0n) is 8.19. The highest BCUT2D eigenvalue weighted by molar-refractivity contribution is 5.66. The number of hydrogen-bond acceptors (Lipinski definition) is 5. The molecule has 0 saturated carbocycles. The van der Waals surface area contributed by atoms with Gasteiger partial charge in [-0.05, 0) is 6.92 Å². The molecular formula is C8H16N2O4. The topological polar surface area (TPSA) is 82.8 Å². The smallest absolute Gasteiger partial charge is 0.408 e. The van der Waals surface area contributed by atoms with Crippen LogP contribution in [0.25, 0.3) is 0 Å². The lowest BCUT2D eigenvalue weighted by molar-refractivity contribution is 0.0673. The second-order valence-corrected chi connectivity index (χ2v) is 2.15. The van der Waals surface area contributed by atoms with Gasteiger partial charge in [0.1, 0.15) is 13.3 Å². The molecule has 0 aromatic carbocycles. The van der Waals surface area contributed by atoms with E-state index in [-0.39, 0.29) is 6.73 Å². The lowest BCUT2D eigenvalue weighted by Gasteiger charge is -2.05. The Labute approximate surface area is 83.0 Å². The molecule has 0 bridgehead atoms. The highest BCUT2D eigenvalue weighted by Gasteiger charge is 1.97. The summed E-state index contributed by atoms with van der Waals surface area (Å²) in [5.41, 5.74) is 5.02. The van der Waals surface area contributed by atoms with Crippen molar-refractivity contribution in [2.75, 3.05) is 26.6 Å². The van der Waals surface area contributed by atoms with Crippen LogP contribution in [-0.4, -0.2) is 32.6 Å². The summed E-state index contributed by atoms with van der Waals surface area (Å²) in [5.74, 6) is 0. The Kier molecular flexibility index (Phi) is 8.67. The first kappa shape index (κ1) is 12.6. The fraction of sp³-hybridized carbons (Fsp3) is 0.625. The molecule has 0 aromatic rings. The summed E-state index contributed by atoms with van der Waals surface area (Å²) in [6.45, 7) is 2.94. The number of nitrogens with two attached hydrogens (primary N) is 1. The van der Waals surface area contributed by atoms with E-state index in [1.165, 1.54) is 12.5 Å². The van der Waals surface area contributed by atoms with E-state index >= 15 is 0 Å². The van der Waals surface area contributed by atoms with Gasteiger partial charge in [0.15, 0.2) is 0 Å². The van der Waals surface area contributed by atoms with Gasteiger partial charge in [-0.25, -0.2) is 4.79 Å². The minimum Gasteiger partial charge on any atom is -0.497 e. The molecule has 3 N–H and O–H groups in total. The van der Waals surface area contributed by atoms with Crippen LogP contribution in [0.5, 0.6) is 0 Å². The summed E-state index contributed by atoms with van der Waals surface area (Å²) in [5, 5.41) is 2.39. The molecule has 0 spiro atoms. The molecule has 6 nitrogen and oxygen atoms in total. The van der Waals surface area contributed by atoms with E-state index in [9.17, 15) is 4.79 Å². The van der Waals surface area contributed by atoms with E-state index in [2.05, 4.69) is 10.1 Å². The van der Waals surface area contributed by atoms with Crippen LogP contribution in [0.3, 0.4) is 0 Å². The van der Waals surface area contributed by atoms with Crippen molar-refractivity contribution in [1.29, 1.82) is 0 Å². The van der Waals surface area contributed by atoms with Crippen LogP contribution in [-0.2, 0) is 14.2 Å². The van der Waals surface area contributed by atoms with Gasteiger partial charge in [-0.15, -0.1) is 0 Å². The van der Waals surface area contributed by atoms with E-state index in [1.807, 2.05) is 0 Å². The van der Waals surface area contributed by atoms with Gasteiger partial charge in [-0.3, -0.25) is 5.32 Å². The van der Waals surface area contributed by atoms with Crippen LogP contribution in [0, 0.1) is 0 Å². The van der Waals surface area contributed by atoms with Crippen molar-refractivity contribution < 1.29 is 19.0 Å². The van der Waals surface area contributed by atoms with Crippen molar-refractivity contribution in [3.63, 3.8) is 0 Å². The van der Waals surface area contributed by atoms with Gasteiger partial charge >= 0.3 is 6.09 Å². The maximum Gasteiger partial charge on any atom is 0.408 e. The van der Waals surface area contributed by atoms with Crippen molar-refractivity contribution in [3.8, 4) is 0 Å². The molecule has 0 heterocycles. The van der Waals surface area contributed by atoms with E-state index in [0.29, 0.717) is 19.8 Å². The van der Waals surface area contributed by atoms with E-state index in [4.69, 9.17) is 15.2 Å². The van der Waals surface area contributed by atoms with Crippen LogP contribution >= 0.6 is 0 Å². The third-order valence-electron chi connectivity index (χ3n) is 1.11. The number of hydrogen-bond donors (Lipinski definition) is 2. The Morgan fingerprint density at radius 1 is 1.50 bits per heavy atom. The third kappa shape index (κ3) is 8.66. The zero-order valence-corrected chi connectivity index (χ0v) is 8.19. The zero-order chi connectivity index (χ0) is 10.6. The molecule has 0 aromatic heterocycles. The van der Waals surface area contributed by atoms with Crippen LogP contribution in [0.15, 0.2) is 12.5 Å². The second kappa shape index (κ2) is 9.66. The summed E-state index contributed by atoms with van der Waals surface area (Å²) in [6, 6.07) is 0. The standard InChI is InChI=1S/C8H16N2O4/c1-2-14-8(11)10-7-13-6-5-12-4-3-9/h3-4H,2,5-7,9H2,1H3,(H,10,11). The first-order valence-electron chi connectivity index (χ1n) is 4.28. The highest BCUT2D eigenvalue weighted by Crippen LogP contribution is 1.79. The summed E-state index contributed by atoms with van der Waals surface area (Å²) < 4.78 is 14.4. The minimum absolute atomic E-state index is 0.106. The van der Waals surface area contributed by atoms with Gasteiger partial charge in [0.05, 0.1) is 19.5 Å². The first-order chi connectivity index (χ1) is 6.81. The molecule has 0 fully saturated rings. The largest absolute Gasteiger partial charge is 0.497 e. The van der Waals surface area contributed by atoms with E-state index in [0.717, 1.165) is 0 Å². The molecule has 0 unspecified atom stereocenters. The molecule has 14 heavy (non-hydrogen) atoms. The summed E-state index contributed by atoms with van der Waals surface area (Å²) in [7, 11) is 0. The maximum absolute atomic E-state index is 10.7. The molecule has 0 aliphatic carbocycles. The SMILES string of the molecule is CCOC(=O)NCOCCOC=CN. The number of nitrogens with one attached hydrogen (secondary N) is 1. The Bertz CT molecular complexity index is 173. The molecule has 0 atom stereocenters. The van der Waals surface area contributed by atoms with E-state index < -0.39 is 6.09 Å². The highest BCUT2D eigenvalue weighted by atomic mass is 16.6. The third-order valence-corrected chi connectivity index (χ3v) is 1.11. The number of alkyl carbamates (subject to hydrolysis) is 1. The van der Waals surface area contributed by atoms with Gasteiger partial charge in [0, 0.05) is 6.20 Å². The van der Waals surface area contributed by atoms with Gasteiger partial charge in [0.2, 0.25) is 0 Å².